The normalized spacial score (nSPS) is 30.2. The van der Waals surface area contributed by atoms with Crippen LogP contribution in [0, 0.1) is 5.92 Å². The van der Waals surface area contributed by atoms with Gasteiger partial charge in [-0.15, -0.1) is 0 Å². The second-order valence-electron chi connectivity index (χ2n) is 6.36. The van der Waals surface area contributed by atoms with Gasteiger partial charge in [0, 0.05) is 18.6 Å². The molecule has 0 radical (unpaired) electrons. The molecule has 4 heteroatoms. The summed E-state index contributed by atoms with van der Waals surface area (Å²) in [5, 5.41) is 0. The predicted octanol–water partition coefficient (Wildman–Crippen LogP) is 2.12. The molecule has 98 valence electrons. The SMILES string of the molecule is CC(C)(C)OC(=O)N1CC[C@H](N)C[C@H]1C1CC1. The average Bonchev–Trinajstić information content (AvgIpc) is 2.97. The molecule has 0 aromatic rings. The van der Waals surface area contributed by atoms with Crippen molar-refractivity contribution in [2.24, 2.45) is 11.7 Å². The van der Waals surface area contributed by atoms with Crippen molar-refractivity contribution in [1.29, 1.82) is 0 Å². The van der Waals surface area contributed by atoms with Gasteiger partial charge in [0.1, 0.15) is 5.60 Å². The summed E-state index contributed by atoms with van der Waals surface area (Å²) in [5.74, 6) is 0.661. The van der Waals surface area contributed by atoms with Crippen molar-refractivity contribution in [3.63, 3.8) is 0 Å². The van der Waals surface area contributed by atoms with Crippen molar-refractivity contribution in [3.8, 4) is 0 Å². The molecule has 1 saturated heterocycles. The summed E-state index contributed by atoms with van der Waals surface area (Å²) in [6, 6.07) is 0.563. The minimum atomic E-state index is -0.412. The second-order valence-corrected chi connectivity index (χ2v) is 6.36. The quantitative estimate of drug-likeness (QED) is 0.764. The Kier molecular flexibility index (Phi) is 3.34. The van der Waals surface area contributed by atoms with Gasteiger partial charge in [0.25, 0.3) is 0 Å². The summed E-state index contributed by atoms with van der Waals surface area (Å²) in [5.41, 5.74) is 5.59. The first-order valence-corrected chi connectivity index (χ1v) is 6.62. The maximum Gasteiger partial charge on any atom is 0.410 e. The number of rotatable bonds is 1. The smallest absolute Gasteiger partial charge is 0.410 e. The van der Waals surface area contributed by atoms with Crippen LogP contribution in [-0.4, -0.2) is 35.2 Å². The molecule has 2 atom stereocenters. The topological polar surface area (TPSA) is 55.6 Å². The summed E-state index contributed by atoms with van der Waals surface area (Å²) in [6.45, 7) is 6.48. The lowest BCUT2D eigenvalue weighted by Crippen LogP contribution is -2.52. The van der Waals surface area contributed by atoms with Gasteiger partial charge in [-0.3, -0.25) is 0 Å². The summed E-state index contributed by atoms with van der Waals surface area (Å²) < 4.78 is 5.47. The Morgan fingerprint density at radius 2 is 1.94 bits per heavy atom. The third-order valence-corrected chi connectivity index (χ3v) is 3.48. The van der Waals surface area contributed by atoms with E-state index < -0.39 is 5.60 Å². The molecule has 1 amide bonds. The van der Waals surface area contributed by atoms with Gasteiger partial charge < -0.3 is 15.4 Å². The molecule has 0 spiro atoms. The molecule has 2 N–H and O–H groups in total. The molecule has 0 unspecified atom stereocenters. The maximum absolute atomic E-state index is 12.1. The lowest BCUT2D eigenvalue weighted by molar-refractivity contribution is 0.00540. The minimum absolute atomic E-state index is 0.165. The van der Waals surface area contributed by atoms with Crippen molar-refractivity contribution in [1.82, 2.24) is 4.90 Å². The van der Waals surface area contributed by atoms with E-state index in [0.717, 1.165) is 19.4 Å². The number of hydrogen-bond donors (Lipinski definition) is 1. The molecule has 2 fully saturated rings. The van der Waals surface area contributed by atoms with E-state index in [1.54, 1.807) is 0 Å². The van der Waals surface area contributed by atoms with E-state index in [9.17, 15) is 4.79 Å². The molecule has 2 rings (SSSR count). The lowest BCUT2D eigenvalue weighted by atomic mass is 9.95. The van der Waals surface area contributed by atoms with E-state index in [1.807, 2.05) is 25.7 Å². The highest BCUT2D eigenvalue weighted by Crippen LogP contribution is 2.39. The van der Waals surface area contributed by atoms with Gasteiger partial charge in [-0.2, -0.15) is 0 Å². The number of piperidine rings is 1. The average molecular weight is 240 g/mol. The zero-order valence-corrected chi connectivity index (χ0v) is 11.1. The number of amides is 1. The largest absolute Gasteiger partial charge is 0.444 e. The van der Waals surface area contributed by atoms with Gasteiger partial charge in [-0.25, -0.2) is 4.79 Å². The Hall–Kier alpha value is -0.770. The van der Waals surface area contributed by atoms with Crippen LogP contribution in [0.1, 0.15) is 46.5 Å². The predicted molar refractivity (Wildman–Crippen MR) is 66.7 cm³/mol. The van der Waals surface area contributed by atoms with Crippen molar-refractivity contribution in [2.45, 2.75) is 64.1 Å². The molecule has 0 bridgehead atoms. The number of carbonyl (C=O) groups excluding carboxylic acids is 1. The zero-order chi connectivity index (χ0) is 12.6. The van der Waals surface area contributed by atoms with Crippen molar-refractivity contribution in [3.05, 3.63) is 0 Å². The fourth-order valence-corrected chi connectivity index (χ4v) is 2.50. The summed E-state index contributed by atoms with van der Waals surface area (Å²) in [4.78, 5) is 14.0. The molecule has 0 aromatic heterocycles. The van der Waals surface area contributed by atoms with E-state index >= 15 is 0 Å². The summed E-state index contributed by atoms with van der Waals surface area (Å²) >= 11 is 0. The van der Waals surface area contributed by atoms with Crippen molar-refractivity contribution in [2.75, 3.05) is 6.54 Å². The Balaban J connectivity index is 1.99. The molecule has 2 aliphatic rings. The first-order chi connectivity index (χ1) is 7.87. The Morgan fingerprint density at radius 1 is 1.29 bits per heavy atom. The van der Waals surface area contributed by atoms with E-state index in [1.165, 1.54) is 12.8 Å². The third-order valence-electron chi connectivity index (χ3n) is 3.48. The molecular weight excluding hydrogens is 216 g/mol. The van der Waals surface area contributed by atoms with Crippen LogP contribution in [0.4, 0.5) is 4.79 Å². The van der Waals surface area contributed by atoms with E-state index in [-0.39, 0.29) is 12.1 Å². The van der Waals surface area contributed by atoms with Gasteiger partial charge in [0.05, 0.1) is 0 Å². The highest BCUT2D eigenvalue weighted by molar-refractivity contribution is 5.68. The fraction of sp³-hybridized carbons (Fsp3) is 0.923. The summed E-state index contributed by atoms with van der Waals surface area (Å²) in [7, 11) is 0. The molecule has 0 aromatic carbocycles. The first-order valence-electron chi connectivity index (χ1n) is 6.62. The van der Waals surface area contributed by atoms with Crippen LogP contribution in [-0.2, 0) is 4.74 Å². The number of ether oxygens (including phenoxy) is 1. The second kappa shape index (κ2) is 4.48. The van der Waals surface area contributed by atoms with E-state index in [2.05, 4.69) is 0 Å². The minimum Gasteiger partial charge on any atom is -0.444 e. The van der Waals surface area contributed by atoms with Crippen LogP contribution in [0.3, 0.4) is 0 Å². The molecule has 1 aliphatic heterocycles. The van der Waals surface area contributed by atoms with Crippen molar-refractivity contribution >= 4 is 6.09 Å². The van der Waals surface area contributed by atoms with Crippen molar-refractivity contribution < 1.29 is 9.53 Å². The van der Waals surface area contributed by atoms with E-state index in [4.69, 9.17) is 10.5 Å². The summed E-state index contributed by atoms with van der Waals surface area (Å²) in [6.07, 6.45) is 4.13. The molecule has 17 heavy (non-hydrogen) atoms. The molecular formula is C13H24N2O2. The van der Waals surface area contributed by atoms with Gasteiger partial charge in [0.15, 0.2) is 0 Å². The monoisotopic (exact) mass is 240 g/mol. The van der Waals surface area contributed by atoms with Gasteiger partial charge in [-0.05, 0) is 52.4 Å². The van der Waals surface area contributed by atoms with Crippen LogP contribution in [0.2, 0.25) is 0 Å². The standard InChI is InChI=1S/C13H24N2O2/c1-13(2,3)17-12(16)15-7-6-10(14)8-11(15)9-4-5-9/h9-11H,4-8,14H2,1-3H3/t10-,11-/m0/s1. The van der Waals surface area contributed by atoms with Gasteiger partial charge in [-0.1, -0.05) is 0 Å². The van der Waals surface area contributed by atoms with Crippen LogP contribution < -0.4 is 5.73 Å². The molecule has 1 aliphatic carbocycles. The van der Waals surface area contributed by atoms with Crippen LogP contribution in [0.25, 0.3) is 0 Å². The first kappa shape index (κ1) is 12.7. The Labute approximate surface area is 103 Å². The van der Waals surface area contributed by atoms with Crippen LogP contribution in [0.5, 0.6) is 0 Å². The molecule has 1 saturated carbocycles. The number of likely N-dealkylation sites (tertiary alicyclic amines) is 1. The van der Waals surface area contributed by atoms with Crippen LogP contribution >= 0.6 is 0 Å². The van der Waals surface area contributed by atoms with Gasteiger partial charge >= 0.3 is 6.09 Å². The number of carbonyl (C=O) groups is 1. The maximum atomic E-state index is 12.1. The highest BCUT2D eigenvalue weighted by Gasteiger charge is 2.41. The lowest BCUT2D eigenvalue weighted by Gasteiger charge is -2.39. The Bertz CT molecular complexity index is 294. The number of nitrogens with zero attached hydrogens (tertiary/aromatic N) is 1. The van der Waals surface area contributed by atoms with E-state index in [0.29, 0.717) is 12.0 Å². The zero-order valence-electron chi connectivity index (χ0n) is 11.1. The number of nitrogens with two attached hydrogens (primary N) is 1. The third kappa shape index (κ3) is 3.35. The fourth-order valence-electron chi connectivity index (χ4n) is 2.50. The highest BCUT2D eigenvalue weighted by atomic mass is 16.6. The number of hydrogen-bond acceptors (Lipinski definition) is 3. The van der Waals surface area contributed by atoms with Crippen LogP contribution in [0.15, 0.2) is 0 Å². The Morgan fingerprint density at radius 3 is 2.47 bits per heavy atom. The molecule has 4 nitrogen and oxygen atoms in total. The molecule has 1 heterocycles. The van der Waals surface area contributed by atoms with Gasteiger partial charge in [0.2, 0.25) is 0 Å².